The fourth-order valence-corrected chi connectivity index (χ4v) is 2.48. The average molecular weight is 426 g/mol. The second kappa shape index (κ2) is 7.82. The Hall–Kier alpha value is -2.29. The van der Waals surface area contributed by atoms with Crippen molar-refractivity contribution in [1.29, 1.82) is 0 Å². The summed E-state index contributed by atoms with van der Waals surface area (Å²) in [4.78, 5) is 23.6. The maximum absolute atomic E-state index is 12.0. The van der Waals surface area contributed by atoms with Crippen molar-refractivity contribution in [1.82, 2.24) is 10.9 Å². The molecule has 0 aliphatic carbocycles. The van der Waals surface area contributed by atoms with Gasteiger partial charge in [0, 0.05) is 11.6 Å². The predicted molar refractivity (Wildman–Crippen MR) is 93.8 cm³/mol. The molecule has 0 radical (unpaired) electrons. The average Bonchev–Trinajstić information content (AvgIpc) is 2.96. The number of halogens is 1. The van der Waals surface area contributed by atoms with Crippen LogP contribution in [-0.4, -0.2) is 18.9 Å². The molecule has 0 aliphatic heterocycles. The predicted octanol–water partition coefficient (Wildman–Crippen LogP) is 2.68. The lowest BCUT2D eigenvalue weighted by Crippen LogP contribution is -2.40. The van der Waals surface area contributed by atoms with Gasteiger partial charge in [0.05, 0.1) is 10.7 Å². The largest absolute Gasteiger partial charge is 0.496 e. The number of ether oxygens (including phenoxy) is 1. The molecule has 2 amide bonds. The summed E-state index contributed by atoms with van der Waals surface area (Å²) in [5, 5.41) is 0. The lowest BCUT2D eigenvalue weighted by atomic mass is 10.2. The highest BCUT2D eigenvalue weighted by Crippen LogP contribution is 2.21. The number of hydrogen-bond acceptors (Lipinski definition) is 4. The van der Waals surface area contributed by atoms with E-state index in [-0.39, 0.29) is 0 Å². The van der Waals surface area contributed by atoms with Crippen molar-refractivity contribution in [3.63, 3.8) is 0 Å². The fourth-order valence-electron chi connectivity index (χ4n) is 1.74. The second-order valence-electron chi connectivity index (χ2n) is 4.57. The standard InChI is InChI=1S/C16H15IN2O4/c1-10-3-5-12(23-10)6-8-15(20)18-19-16(21)11-4-7-14(22-2)13(17)9-11/h3-9H,1-2H3,(H,18,20)(H,19,21)/b8-6+. The van der Waals surface area contributed by atoms with Crippen molar-refractivity contribution < 1.29 is 18.7 Å². The van der Waals surface area contributed by atoms with E-state index in [4.69, 9.17) is 9.15 Å². The van der Waals surface area contributed by atoms with Crippen molar-refractivity contribution in [3.8, 4) is 5.75 Å². The van der Waals surface area contributed by atoms with Gasteiger partial charge in [0.2, 0.25) is 0 Å². The van der Waals surface area contributed by atoms with Crippen LogP contribution < -0.4 is 15.6 Å². The minimum absolute atomic E-state index is 0.416. The van der Waals surface area contributed by atoms with E-state index < -0.39 is 11.8 Å². The topological polar surface area (TPSA) is 80.6 Å². The molecule has 1 aromatic heterocycles. The molecule has 120 valence electrons. The number of nitrogens with one attached hydrogen (secondary N) is 2. The van der Waals surface area contributed by atoms with Crippen molar-refractivity contribution in [3.05, 3.63) is 57.1 Å². The molecule has 0 spiro atoms. The van der Waals surface area contributed by atoms with Gasteiger partial charge in [0.1, 0.15) is 17.3 Å². The summed E-state index contributed by atoms with van der Waals surface area (Å²) in [6.45, 7) is 1.81. The van der Waals surface area contributed by atoms with Gasteiger partial charge in [0.25, 0.3) is 11.8 Å². The Morgan fingerprint density at radius 2 is 2.00 bits per heavy atom. The monoisotopic (exact) mass is 426 g/mol. The molecule has 0 aliphatic rings. The zero-order chi connectivity index (χ0) is 16.8. The highest BCUT2D eigenvalue weighted by atomic mass is 127. The fraction of sp³-hybridized carbons (Fsp3) is 0.125. The number of amides is 2. The number of furan rings is 1. The number of methoxy groups -OCH3 is 1. The lowest BCUT2D eigenvalue weighted by Gasteiger charge is -2.07. The zero-order valence-electron chi connectivity index (χ0n) is 12.6. The van der Waals surface area contributed by atoms with E-state index >= 15 is 0 Å². The Kier molecular flexibility index (Phi) is 5.80. The molecule has 2 N–H and O–H groups in total. The van der Waals surface area contributed by atoms with E-state index in [1.807, 2.05) is 6.92 Å². The number of carbonyl (C=O) groups is 2. The first kappa shape index (κ1) is 17.1. The van der Waals surface area contributed by atoms with Gasteiger partial charge in [-0.05, 0) is 65.9 Å². The smallest absolute Gasteiger partial charge is 0.269 e. The molecule has 1 heterocycles. The van der Waals surface area contributed by atoms with Crippen LogP contribution in [0.1, 0.15) is 21.9 Å². The Bertz CT molecular complexity index is 752. The molecule has 6 nitrogen and oxygen atoms in total. The minimum atomic E-state index is -0.462. The van der Waals surface area contributed by atoms with E-state index in [0.29, 0.717) is 17.1 Å². The highest BCUT2D eigenvalue weighted by molar-refractivity contribution is 14.1. The quantitative estimate of drug-likeness (QED) is 0.448. The Balaban J connectivity index is 1.89. The third-order valence-corrected chi connectivity index (χ3v) is 3.72. The molecule has 0 unspecified atom stereocenters. The second-order valence-corrected chi connectivity index (χ2v) is 5.74. The first-order valence-corrected chi connectivity index (χ1v) is 7.76. The van der Waals surface area contributed by atoms with Crippen LogP contribution in [0.5, 0.6) is 5.75 Å². The van der Waals surface area contributed by atoms with Crippen LogP contribution in [0.4, 0.5) is 0 Å². The van der Waals surface area contributed by atoms with E-state index in [0.717, 1.165) is 9.33 Å². The maximum atomic E-state index is 12.0. The van der Waals surface area contributed by atoms with Crippen LogP contribution in [0.2, 0.25) is 0 Å². The van der Waals surface area contributed by atoms with Crippen LogP contribution in [0.3, 0.4) is 0 Å². The summed E-state index contributed by atoms with van der Waals surface area (Å²) in [7, 11) is 1.56. The maximum Gasteiger partial charge on any atom is 0.269 e. The lowest BCUT2D eigenvalue weighted by molar-refractivity contribution is -0.117. The first-order valence-electron chi connectivity index (χ1n) is 6.68. The number of aryl methyl sites for hydroxylation is 1. The summed E-state index contributed by atoms with van der Waals surface area (Å²) < 4.78 is 11.2. The minimum Gasteiger partial charge on any atom is -0.496 e. The summed E-state index contributed by atoms with van der Waals surface area (Å²) in [5.74, 6) is 1.13. The molecule has 0 fully saturated rings. The zero-order valence-corrected chi connectivity index (χ0v) is 14.7. The molecule has 2 rings (SSSR count). The highest BCUT2D eigenvalue weighted by Gasteiger charge is 2.09. The van der Waals surface area contributed by atoms with Crippen molar-refractivity contribution in [2.45, 2.75) is 6.92 Å². The van der Waals surface area contributed by atoms with E-state index in [9.17, 15) is 9.59 Å². The summed E-state index contributed by atoms with van der Waals surface area (Å²) in [5.41, 5.74) is 5.06. The Labute approximate surface area is 147 Å². The number of benzene rings is 1. The Morgan fingerprint density at radius 3 is 2.61 bits per heavy atom. The SMILES string of the molecule is COc1ccc(C(=O)NNC(=O)/C=C/c2ccc(C)o2)cc1I. The molecular weight excluding hydrogens is 411 g/mol. The Morgan fingerprint density at radius 1 is 1.22 bits per heavy atom. The van der Waals surface area contributed by atoms with Gasteiger partial charge in [-0.1, -0.05) is 0 Å². The van der Waals surface area contributed by atoms with Gasteiger partial charge in [-0.15, -0.1) is 0 Å². The van der Waals surface area contributed by atoms with Crippen LogP contribution in [0.25, 0.3) is 6.08 Å². The van der Waals surface area contributed by atoms with Crippen LogP contribution in [0.15, 0.2) is 40.8 Å². The number of hydrazine groups is 1. The summed E-state index contributed by atoms with van der Waals surface area (Å²) in [6.07, 6.45) is 2.79. The van der Waals surface area contributed by atoms with E-state index in [2.05, 4.69) is 33.4 Å². The summed E-state index contributed by atoms with van der Waals surface area (Å²) >= 11 is 2.07. The summed E-state index contributed by atoms with van der Waals surface area (Å²) in [6, 6.07) is 8.52. The van der Waals surface area contributed by atoms with Gasteiger partial charge in [-0.3, -0.25) is 20.4 Å². The molecule has 1 aromatic carbocycles. The molecule has 0 bridgehead atoms. The number of rotatable bonds is 4. The van der Waals surface area contributed by atoms with Crippen molar-refractivity contribution in [2.75, 3.05) is 7.11 Å². The molecular formula is C16H15IN2O4. The van der Waals surface area contributed by atoms with Gasteiger partial charge in [-0.25, -0.2) is 0 Å². The molecule has 0 saturated heterocycles. The van der Waals surface area contributed by atoms with Crippen LogP contribution in [-0.2, 0) is 4.79 Å². The number of hydrogen-bond donors (Lipinski definition) is 2. The molecule has 0 saturated carbocycles. The third-order valence-electron chi connectivity index (χ3n) is 2.87. The third kappa shape index (κ3) is 4.85. The van der Waals surface area contributed by atoms with Crippen molar-refractivity contribution >= 4 is 40.5 Å². The van der Waals surface area contributed by atoms with E-state index in [1.54, 1.807) is 37.4 Å². The number of carbonyl (C=O) groups excluding carboxylic acids is 2. The molecule has 23 heavy (non-hydrogen) atoms. The van der Waals surface area contributed by atoms with E-state index in [1.165, 1.54) is 12.2 Å². The van der Waals surface area contributed by atoms with Crippen LogP contribution in [0, 0.1) is 10.5 Å². The van der Waals surface area contributed by atoms with Gasteiger partial charge < -0.3 is 9.15 Å². The van der Waals surface area contributed by atoms with Crippen LogP contribution >= 0.6 is 22.6 Å². The van der Waals surface area contributed by atoms with Gasteiger partial charge in [-0.2, -0.15) is 0 Å². The van der Waals surface area contributed by atoms with Gasteiger partial charge in [0.15, 0.2) is 0 Å². The molecule has 7 heteroatoms. The molecule has 0 atom stereocenters. The first-order chi connectivity index (χ1) is 11.0. The van der Waals surface area contributed by atoms with Crippen molar-refractivity contribution in [2.24, 2.45) is 0 Å². The van der Waals surface area contributed by atoms with Gasteiger partial charge >= 0.3 is 0 Å². The normalized spacial score (nSPS) is 10.6. The molecule has 2 aromatic rings.